The van der Waals surface area contributed by atoms with Crippen molar-refractivity contribution in [1.29, 1.82) is 0 Å². The highest BCUT2D eigenvalue weighted by atomic mass is 35.5. The minimum Gasteiger partial charge on any atom is -0.492 e. The van der Waals surface area contributed by atoms with Gasteiger partial charge in [0.1, 0.15) is 11.4 Å². The summed E-state index contributed by atoms with van der Waals surface area (Å²) in [7, 11) is 0. The zero-order valence-corrected chi connectivity index (χ0v) is 18.9. The smallest absolute Gasteiger partial charge is 0.282 e. The number of carbonyl (C=O) groups is 2. The fraction of sp³-hybridized carbons (Fsp3) is 0.360. The average Bonchev–Trinajstić information content (AvgIpc) is 2.99. The Morgan fingerprint density at radius 2 is 1.61 bits per heavy atom. The summed E-state index contributed by atoms with van der Waals surface area (Å²) in [5.41, 5.74) is 2.06. The van der Waals surface area contributed by atoms with Gasteiger partial charge >= 0.3 is 0 Å². The third-order valence-corrected chi connectivity index (χ3v) is 6.04. The van der Waals surface area contributed by atoms with Crippen LogP contribution in [0.4, 0.5) is 5.69 Å². The summed E-state index contributed by atoms with van der Waals surface area (Å²) in [5.74, 6) is 0.762. The summed E-state index contributed by atoms with van der Waals surface area (Å²) in [5, 5.41) is 0.585. The molecule has 5 nitrogen and oxygen atoms in total. The quantitative estimate of drug-likeness (QED) is 0.616. The molecule has 2 aliphatic rings. The number of ether oxygens (including phenoxy) is 1. The molecular weight excluding hydrogens is 412 g/mol. The lowest BCUT2D eigenvalue weighted by molar-refractivity contribution is -0.120. The first-order chi connectivity index (χ1) is 14.9. The van der Waals surface area contributed by atoms with Gasteiger partial charge in [-0.2, -0.15) is 0 Å². The van der Waals surface area contributed by atoms with Gasteiger partial charge in [0, 0.05) is 18.1 Å². The van der Waals surface area contributed by atoms with Crippen molar-refractivity contribution in [3.63, 3.8) is 0 Å². The van der Waals surface area contributed by atoms with Crippen LogP contribution in [0.15, 0.2) is 54.2 Å². The fourth-order valence-electron chi connectivity index (χ4n) is 4.67. The van der Waals surface area contributed by atoms with Crippen molar-refractivity contribution in [3.05, 3.63) is 64.8 Å². The summed E-state index contributed by atoms with van der Waals surface area (Å²) >= 11 is 6.08. The number of para-hydroxylation sites is 2. The van der Waals surface area contributed by atoms with Crippen LogP contribution in [-0.2, 0) is 9.59 Å². The van der Waals surface area contributed by atoms with Crippen LogP contribution in [-0.4, -0.2) is 36.4 Å². The van der Waals surface area contributed by atoms with Gasteiger partial charge in [-0.05, 0) is 55.0 Å². The number of hydrogen-bond donors (Lipinski definition) is 0. The van der Waals surface area contributed by atoms with Crippen LogP contribution in [0.3, 0.4) is 0 Å². The number of benzene rings is 2. The molecule has 0 spiro atoms. The first-order valence-corrected chi connectivity index (χ1v) is 11.1. The predicted octanol–water partition coefficient (Wildman–Crippen LogP) is 5.00. The van der Waals surface area contributed by atoms with Crippen LogP contribution in [0.5, 0.6) is 5.75 Å². The molecule has 2 aromatic carbocycles. The van der Waals surface area contributed by atoms with Crippen LogP contribution >= 0.6 is 11.6 Å². The van der Waals surface area contributed by atoms with Gasteiger partial charge in [0.15, 0.2) is 0 Å². The Bertz CT molecular complexity index is 1020. The molecule has 2 aromatic rings. The molecule has 0 bridgehead atoms. The number of piperidine rings is 1. The summed E-state index contributed by atoms with van der Waals surface area (Å²) in [6, 6.07) is 14.3. The van der Waals surface area contributed by atoms with E-state index in [2.05, 4.69) is 18.7 Å². The predicted molar refractivity (Wildman–Crippen MR) is 123 cm³/mol. The third-order valence-electron chi connectivity index (χ3n) is 5.78. The number of nitrogens with zero attached hydrogens (tertiary/aromatic N) is 2. The molecule has 4 rings (SSSR count). The van der Waals surface area contributed by atoms with Crippen molar-refractivity contribution in [2.24, 2.45) is 11.8 Å². The fourth-order valence-corrected chi connectivity index (χ4v) is 4.80. The van der Waals surface area contributed by atoms with E-state index in [4.69, 9.17) is 16.3 Å². The monoisotopic (exact) mass is 438 g/mol. The Kier molecular flexibility index (Phi) is 6.05. The second-order valence-electron chi connectivity index (χ2n) is 8.43. The van der Waals surface area contributed by atoms with Gasteiger partial charge in [0.25, 0.3) is 11.8 Å². The van der Waals surface area contributed by atoms with Gasteiger partial charge in [0.05, 0.1) is 17.9 Å². The van der Waals surface area contributed by atoms with Gasteiger partial charge < -0.3 is 9.64 Å². The number of halogens is 1. The molecule has 6 heteroatoms. The summed E-state index contributed by atoms with van der Waals surface area (Å²) in [6.45, 7) is 8.19. The number of likely N-dealkylation sites (tertiary alicyclic amines) is 1. The molecule has 1 saturated heterocycles. The van der Waals surface area contributed by atoms with E-state index in [0.29, 0.717) is 51.7 Å². The molecule has 2 amide bonds. The van der Waals surface area contributed by atoms with Crippen molar-refractivity contribution in [2.75, 3.05) is 24.6 Å². The summed E-state index contributed by atoms with van der Waals surface area (Å²) in [6.07, 6.45) is 1.11. The van der Waals surface area contributed by atoms with E-state index >= 15 is 0 Å². The molecule has 0 N–H and O–H groups in total. The molecule has 2 unspecified atom stereocenters. The zero-order valence-electron chi connectivity index (χ0n) is 18.1. The molecule has 0 aromatic heterocycles. The minimum absolute atomic E-state index is 0.302. The third kappa shape index (κ3) is 4.07. The molecule has 2 aliphatic heterocycles. The number of carbonyl (C=O) groups excluding carboxylic acids is 2. The Balaban J connectivity index is 1.84. The molecular formula is C25H27ClN2O3. The lowest BCUT2D eigenvalue weighted by Crippen LogP contribution is -2.42. The zero-order chi connectivity index (χ0) is 22.1. The molecule has 31 heavy (non-hydrogen) atoms. The van der Waals surface area contributed by atoms with Gasteiger partial charge in [-0.15, -0.1) is 0 Å². The van der Waals surface area contributed by atoms with Crippen molar-refractivity contribution < 1.29 is 14.3 Å². The lowest BCUT2D eigenvalue weighted by atomic mass is 9.91. The van der Waals surface area contributed by atoms with Crippen molar-refractivity contribution in [3.8, 4) is 5.75 Å². The van der Waals surface area contributed by atoms with E-state index in [1.807, 2.05) is 19.1 Å². The number of amides is 2. The molecule has 2 heterocycles. The van der Waals surface area contributed by atoms with Gasteiger partial charge in [-0.25, -0.2) is 4.90 Å². The van der Waals surface area contributed by atoms with E-state index in [9.17, 15) is 9.59 Å². The van der Waals surface area contributed by atoms with Crippen LogP contribution < -0.4 is 9.64 Å². The number of hydrogen-bond acceptors (Lipinski definition) is 4. The Morgan fingerprint density at radius 3 is 2.26 bits per heavy atom. The molecule has 0 saturated carbocycles. The Hall–Kier alpha value is -2.79. The maximum Gasteiger partial charge on any atom is 0.282 e. The van der Waals surface area contributed by atoms with E-state index < -0.39 is 0 Å². The first-order valence-electron chi connectivity index (χ1n) is 10.8. The first kappa shape index (κ1) is 21.4. The largest absolute Gasteiger partial charge is 0.492 e. The molecule has 0 aliphatic carbocycles. The second kappa shape index (κ2) is 8.75. The number of anilines is 1. The van der Waals surface area contributed by atoms with Crippen LogP contribution in [0.2, 0.25) is 5.02 Å². The van der Waals surface area contributed by atoms with E-state index in [-0.39, 0.29) is 11.8 Å². The van der Waals surface area contributed by atoms with Gasteiger partial charge in [0.2, 0.25) is 0 Å². The Labute approximate surface area is 188 Å². The van der Waals surface area contributed by atoms with Crippen LogP contribution in [0, 0.1) is 11.8 Å². The minimum atomic E-state index is -0.333. The van der Waals surface area contributed by atoms with Gasteiger partial charge in [-0.3, -0.25) is 9.59 Å². The number of rotatable bonds is 5. The van der Waals surface area contributed by atoms with Crippen molar-refractivity contribution in [2.45, 2.75) is 27.2 Å². The van der Waals surface area contributed by atoms with Crippen LogP contribution in [0.1, 0.15) is 32.8 Å². The highest BCUT2D eigenvalue weighted by Crippen LogP contribution is 2.40. The highest BCUT2D eigenvalue weighted by Gasteiger charge is 2.44. The van der Waals surface area contributed by atoms with Crippen molar-refractivity contribution in [1.82, 2.24) is 4.90 Å². The maximum absolute atomic E-state index is 13.8. The van der Waals surface area contributed by atoms with Crippen LogP contribution in [0.25, 0.3) is 5.57 Å². The molecule has 162 valence electrons. The average molecular weight is 439 g/mol. The second-order valence-corrected chi connectivity index (χ2v) is 8.86. The summed E-state index contributed by atoms with van der Waals surface area (Å²) < 4.78 is 5.72. The number of imide groups is 1. The highest BCUT2D eigenvalue weighted by molar-refractivity contribution is 6.45. The molecule has 0 radical (unpaired) electrons. The van der Waals surface area contributed by atoms with E-state index in [1.54, 1.807) is 36.4 Å². The molecule has 1 fully saturated rings. The normalized spacial score (nSPS) is 21.8. The van der Waals surface area contributed by atoms with E-state index in [0.717, 1.165) is 19.5 Å². The SMILES string of the molecule is CCOc1ccccc1N1C(=O)C(c2ccc(Cl)cc2)=C(N2CC(C)CC(C)C2)C1=O. The van der Waals surface area contributed by atoms with E-state index in [1.165, 1.54) is 4.90 Å². The Morgan fingerprint density at radius 1 is 0.968 bits per heavy atom. The lowest BCUT2D eigenvalue weighted by Gasteiger charge is -2.37. The van der Waals surface area contributed by atoms with Crippen molar-refractivity contribution >= 4 is 34.7 Å². The summed E-state index contributed by atoms with van der Waals surface area (Å²) in [4.78, 5) is 30.8. The molecule has 2 atom stereocenters. The van der Waals surface area contributed by atoms with Gasteiger partial charge in [-0.1, -0.05) is 49.7 Å². The topological polar surface area (TPSA) is 49.9 Å². The maximum atomic E-state index is 13.8. The standard InChI is InChI=1S/C25H27ClN2O3/c1-4-31-21-8-6-5-7-20(21)28-24(29)22(18-9-11-19(26)12-10-18)23(25(28)30)27-14-16(2)13-17(3)15-27/h5-12,16-17H,4,13-15H2,1-3H3.